The molecule has 1 aromatic carbocycles. The molecule has 31 heavy (non-hydrogen) atoms. The van der Waals surface area contributed by atoms with Gasteiger partial charge < -0.3 is 9.15 Å². The van der Waals surface area contributed by atoms with Gasteiger partial charge in [-0.3, -0.25) is 4.79 Å². The summed E-state index contributed by atoms with van der Waals surface area (Å²) in [6, 6.07) is 11.0. The molecule has 0 N–H and O–H groups in total. The van der Waals surface area contributed by atoms with Crippen LogP contribution in [0.3, 0.4) is 0 Å². The number of aryl methyl sites for hydroxylation is 1. The van der Waals surface area contributed by atoms with Crippen molar-refractivity contribution in [1.29, 1.82) is 0 Å². The van der Waals surface area contributed by atoms with Crippen LogP contribution >= 0.6 is 48.0 Å². The second kappa shape index (κ2) is 12.6. The maximum Gasteiger partial charge on any atom is 0.200 e. The molecule has 0 spiro atoms. The van der Waals surface area contributed by atoms with E-state index in [0.29, 0.717) is 18.1 Å². The molecule has 1 aliphatic heterocycles. The van der Waals surface area contributed by atoms with Gasteiger partial charge in [0, 0.05) is 34.4 Å². The third-order valence-corrected chi connectivity index (χ3v) is 4.88. The van der Waals surface area contributed by atoms with Gasteiger partial charge >= 0.3 is 0 Å². The molecule has 1 heterocycles. The van der Waals surface area contributed by atoms with E-state index in [1.54, 1.807) is 30.6 Å². The van der Waals surface area contributed by atoms with E-state index in [0.717, 1.165) is 34.2 Å². The molecule has 0 bridgehead atoms. The summed E-state index contributed by atoms with van der Waals surface area (Å²) in [7, 11) is 0. The lowest BCUT2D eigenvalue weighted by Gasteiger charge is -2.19. The number of hydrogen-bond donors (Lipinski definition) is 0. The van der Waals surface area contributed by atoms with Crippen molar-refractivity contribution < 1.29 is 9.15 Å². The van der Waals surface area contributed by atoms with Crippen LogP contribution in [0.15, 0.2) is 70.1 Å². The molecule has 0 amide bonds. The number of halogens is 4. The van der Waals surface area contributed by atoms with Gasteiger partial charge in [0.25, 0.3) is 0 Å². The molecule has 3 rings (SSSR count). The van der Waals surface area contributed by atoms with Crippen molar-refractivity contribution in [3.63, 3.8) is 0 Å². The quantitative estimate of drug-likeness (QED) is 0.188. The van der Waals surface area contributed by atoms with Gasteiger partial charge in [0.2, 0.25) is 5.43 Å². The second-order valence-corrected chi connectivity index (χ2v) is 7.05. The second-order valence-electron chi connectivity index (χ2n) is 6.39. The van der Waals surface area contributed by atoms with Crippen LogP contribution in [-0.4, -0.2) is 6.61 Å². The van der Waals surface area contributed by atoms with Gasteiger partial charge in [-0.2, -0.15) is 0 Å². The van der Waals surface area contributed by atoms with E-state index in [1.165, 1.54) is 11.6 Å². The smallest absolute Gasteiger partial charge is 0.200 e. The Morgan fingerprint density at radius 2 is 1.87 bits per heavy atom. The topological polar surface area (TPSA) is 39.4 Å². The van der Waals surface area contributed by atoms with Gasteiger partial charge in [-0.15, -0.1) is 31.4 Å². The van der Waals surface area contributed by atoms with Gasteiger partial charge in [-0.05, 0) is 36.6 Å². The Hall–Kier alpha value is -2.17. The third kappa shape index (κ3) is 6.18. The average Bonchev–Trinajstić information content (AvgIpc) is 2.70. The molecule has 0 atom stereocenters. The average molecular weight is 500 g/mol. The fourth-order valence-corrected chi connectivity index (χ4v) is 3.37. The summed E-state index contributed by atoms with van der Waals surface area (Å²) in [6.45, 7) is 6.21. The number of benzene rings is 2. The first-order valence-corrected chi connectivity index (χ1v) is 9.90. The highest BCUT2D eigenvalue weighted by Gasteiger charge is 2.21. The zero-order chi connectivity index (χ0) is 20.8. The van der Waals surface area contributed by atoms with Crippen LogP contribution in [-0.2, 0) is 4.74 Å². The Morgan fingerprint density at radius 3 is 2.55 bits per heavy atom. The Labute approximate surface area is 204 Å². The molecule has 0 saturated carbocycles. The van der Waals surface area contributed by atoms with Crippen molar-refractivity contribution in [3.05, 3.63) is 93.0 Å². The first-order chi connectivity index (χ1) is 14.1. The first-order valence-electron chi connectivity index (χ1n) is 9.09. The fourth-order valence-electron chi connectivity index (χ4n) is 3.08. The van der Waals surface area contributed by atoms with Crippen LogP contribution in [0.5, 0.6) is 0 Å². The summed E-state index contributed by atoms with van der Waals surface area (Å²) in [5.41, 5.74) is 5.58. The van der Waals surface area contributed by atoms with Crippen molar-refractivity contribution >= 4 is 60.2 Å². The van der Waals surface area contributed by atoms with Gasteiger partial charge in [0.15, 0.2) is 0 Å². The largest absolute Gasteiger partial charge is 0.501 e. The minimum Gasteiger partial charge on any atom is -0.501 e. The Morgan fingerprint density at radius 1 is 1.13 bits per heavy atom. The van der Waals surface area contributed by atoms with E-state index in [2.05, 4.69) is 6.58 Å². The number of ether oxygens (including phenoxy) is 1. The fraction of sp³-hybridized carbons (Fsp3) is 0.125. The molecule has 1 aliphatic carbocycles. The van der Waals surface area contributed by atoms with Gasteiger partial charge in [0.1, 0.15) is 11.5 Å². The van der Waals surface area contributed by atoms with Crippen molar-refractivity contribution in [1.82, 2.24) is 0 Å². The molecule has 164 valence electrons. The maximum atomic E-state index is 12.1. The van der Waals surface area contributed by atoms with Gasteiger partial charge in [-0.1, -0.05) is 53.5 Å². The molecule has 0 radical (unpaired) electrons. The Bertz CT molecular complexity index is 1120. The SMILES string of the molecule is C=CCCO/C=C/c1oc2cc(=O)c(Cl)cc-2c(-c2ccccc2C)c1/C=C/Cl.Cl.Cl. The maximum absolute atomic E-state index is 12.1. The van der Waals surface area contributed by atoms with Crippen LogP contribution in [0.25, 0.3) is 34.6 Å². The highest BCUT2D eigenvalue weighted by molar-refractivity contribution is 6.31. The summed E-state index contributed by atoms with van der Waals surface area (Å²) in [5.74, 6) is 0.961. The normalized spacial score (nSPS) is 10.8. The van der Waals surface area contributed by atoms with Crippen LogP contribution < -0.4 is 5.43 Å². The summed E-state index contributed by atoms with van der Waals surface area (Å²) >= 11 is 12.1. The van der Waals surface area contributed by atoms with E-state index in [4.69, 9.17) is 32.4 Å². The molecular formula is C24H22Cl4O3. The van der Waals surface area contributed by atoms with Gasteiger partial charge in [0.05, 0.1) is 17.9 Å². The molecular weight excluding hydrogens is 478 g/mol. The summed E-state index contributed by atoms with van der Waals surface area (Å²) in [5, 5.41) is 0.138. The molecule has 7 heteroatoms. The van der Waals surface area contributed by atoms with Gasteiger partial charge in [-0.25, -0.2) is 0 Å². The van der Waals surface area contributed by atoms with Crippen LogP contribution in [0.2, 0.25) is 5.02 Å². The van der Waals surface area contributed by atoms with Crippen molar-refractivity contribution in [3.8, 4) is 22.5 Å². The molecule has 0 unspecified atom stereocenters. The number of rotatable bonds is 7. The molecule has 0 saturated heterocycles. The van der Waals surface area contributed by atoms with E-state index < -0.39 is 0 Å². The molecule has 3 nitrogen and oxygen atoms in total. The lowest BCUT2D eigenvalue weighted by atomic mass is 9.89. The lowest BCUT2D eigenvalue weighted by Crippen LogP contribution is -2.04. The summed E-state index contributed by atoms with van der Waals surface area (Å²) < 4.78 is 11.5. The zero-order valence-electron chi connectivity index (χ0n) is 16.8. The minimum atomic E-state index is -0.295. The summed E-state index contributed by atoms with van der Waals surface area (Å²) in [4.78, 5) is 12.1. The third-order valence-electron chi connectivity index (χ3n) is 4.46. The highest BCUT2D eigenvalue weighted by atomic mass is 35.5. The van der Waals surface area contributed by atoms with E-state index in [1.807, 2.05) is 31.2 Å². The van der Waals surface area contributed by atoms with Crippen molar-refractivity contribution in [2.45, 2.75) is 13.3 Å². The highest BCUT2D eigenvalue weighted by Crippen LogP contribution is 2.41. The monoisotopic (exact) mass is 498 g/mol. The molecule has 2 aliphatic rings. The van der Waals surface area contributed by atoms with Crippen molar-refractivity contribution in [2.75, 3.05) is 6.61 Å². The van der Waals surface area contributed by atoms with E-state index in [-0.39, 0.29) is 35.3 Å². The van der Waals surface area contributed by atoms with Crippen molar-refractivity contribution in [2.24, 2.45) is 0 Å². The van der Waals surface area contributed by atoms with Crippen LogP contribution in [0, 0.1) is 6.92 Å². The van der Waals surface area contributed by atoms with Crippen LogP contribution in [0.1, 0.15) is 23.3 Å². The Balaban J connectivity index is 0.00000240. The molecule has 0 fully saturated rings. The van der Waals surface area contributed by atoms with E-state index >= 15 is 0 Å². The predicted octanol–water partition coefficient (Wildman–Crippen LogP) is 7.99. The first kappa shape index (κ1) is 26.9. The van der Waals surface area contributed by atoms with Crippen LogP contribution in [0.4, 0.5) is 0 Å². The standard InChI is InChI=1S/C24H20Cl2O3.2ClH/c1-3-4-12-28-13-10-22-18(9-11-25)24(17-8-6-5-7-16(17)2)19-14-20(26)21(27)15-23(19)29-22;;/h3,5-11,13-15H,1,4,12H2,2H3;2*1H/b11-9+,13-10+;;. The predicted molar refractivity (Wildman–Crippen MR) is 136 cm³/mol. The zero-order valence-corrected chi connectivity index (χ0v) is 19.9. The lowest BCUT2D eigenvalue weighted by molar-refractivity contribution is 0.258. The summed E-state index contributed by atoms with van der Waals surface area (Å²) in [6.07, 6.45) is 7.56. The van der Waals surface area contributed by atoms with E-state index in [9.17, 15) is 4.79 Å². The minimum absolute atomic E-state index is 0. The number of fused-ring (bicyclic) bond motifs is 1. The number of hydrogen-bond acceptors (Lipinski definition) is 3. The molecule has 0 aromatic heterocycles. The molecule has 1 aromatic rings. The Kier molecular flexibility index (Phi) is 10.9.